The summed E-state index contributed by atoms with van der Waals surface area (Å²) in [5, 5.41) is 4.74. The summed E-state index contributed by atoms with van der Waals surface area (Å²) in [7, 11) is 0. The standard InChI is InChI=1S/C16H20ClN3O2/c1-10-9-12(17)5-6-13(10)21-11(2)14-19-15(20-22-14)16(18)7-3-4-8-16/h5-6,9,11H,3-4,7-8,18H2,1-2H3. The predicted octanol–water partition coefficient (Wildman–Crippen LogP) is 3.90. The average molecular weight is 322 g/mol. The molecule has 22 heavy (non-hydrogen) atoms. The molecule has 1 saturated carbocycles. The molecular formula is C16H20ClN3O2. The summed E-state index contributed by atoms with van der Waals surface area (Å²) in [6.07, 6.45) is 3.67. The SMILES string of the molecule is Cc1cc(Cl)ccc1OC(C)c1nc(C2(N)CCCC2)no1. The molecule has 0 radical (unpaired) electrons. The third-order valence-corrected chi connectivity index (χ3v) is 4.41. The van der Waals surface area contributed by atoms with E-state index in [1.54, 1.807) is 6.07 Å². The summed E-state index contributed by atoms with van der Waals surface area (Å²) in [4.78, 5) is 4.45. The molecule has 0 spiro atoms. The van der Waals surface area contributed by atoms with Crippen molar-refractivity contribution in [2.24, 2.45) is 5.73 Å². The molecule has 1 aliphatic carbocycles. The molecule has 1 atom stereocenters. The van der Waals surface area contributed by atoms with E-state index in [1.165, 1.54) is 0 Å². The number of rotatable bonds is 4. The number of nitrogens with two attached hydrogens (primary N) is 1. The topological polar surface area (TPSA) is 74.2 Å². The smallest absolute Gasteiger partial charge is 0.267 e. The van der Waals surface area contributed by atoms with Gasteiger partial charge in [-0.25, -0.2) is 0 Å². The molecule has 2 N–H and O–H groups in total. The average Bonchev–Trinajstić information content (AvgIpc) is 3.11. The Morgan fingerprint density at radius 1 is 1.36 bits per heavy atom. The minimum absolute atomic E-state index is 0.342. The number of hydrogen-bond donors (Lipinski definition) is 1. The van der Waals surface area contributed by atoms with Crippen LogP contribution in [0.4, 0.5) is 0 Å². The van der Waals surface area contributed by atoms with Crippen LogP contribution in [0.25, 0.3) is 0 Å². The molecule has 1 fully saturated rings. The lowest BCUT2D eigenvalue weighted by Gasteiger charge is -2.18. The van der Waals surface area contributed by atoms with Gasteiger partial charge in [-0.2, -0.15) is 4.98 Å². The van der Waals surface area contributed by atoms with Crippen LogP contribution in [0.2, 0.25) is 5.02 Å². The van der Waals surface area contributed by atoms with Gasteiger partial charge in [0, 0.05) is 5.02 Å². The van der Waals surface area contributed by atoms with E-state index < -0.39 is 5.54 Å². The summed E-state index contributed by atoms with van der Waals surface area (Å²) in [6.45, 7) is 3.82. The zero-order valence-corrected chi connectivity index (χ0v) is 13.6. The highest BCUT2D eigenvalue weighted by atomic mass is 35.5. The highest BCUT2D eigenvalue weighted by Gasteiger charge is 2.36. The van der Waals surface area contributed by atoms with Gasteiger partial charge in [-0.15, -0.1) is 0 Å². The van der Waals surface area contributed by atoms with Gasteiger partial charge in [0.25, 0.3) is 5.89 Å². The van der Waals surface area contributed by atoms with E-state index in [2.05, 4.69) is 10.1 Å². The summed E-state index contributed by atoms with van der Waals surface area (Å²) >= 11 is 5.95. The number of hydrogen-bond acceptors (Lipinski definition) is 5. The van der Waals surface area contributed by atoms with Crippen LogP contribution in [0.5, 0.6) is 5.75 Å². The molecule has 0 saturated heterocycles. The van der Waals surface area contributed by atoms with Crippen molar-refractivity contribution in [3.8, 4) is 5.75 Å². The zero-order chi connectivity index (χ0) is 15.7. The zero-order valence-electron chi connectivity index (χ0n) is 12.8. The lowest BCUT2D eigenvalue weighted by atomic mass is 9.99. The van der Waals surface area contributed by atoms with Crippen LogP contribution in [0, 0.1) is 6.92 Å². The maximum atomic E-state index is 6.35. The van der Waals surface area contributed by atoms with Crippen LogP contribution in [-0.2, 0) is 5.54 Å². The summed E-state index contributed by atoms with van der Waals surface area (Å²) in [6, 6.07) is 5.49. The molecule has 0 aliphatic heterocycles. The van der Waals surface area contributed by atoms with Gasteiger partial charge >= 0.3 is 0 Å². The van der Waals surface area contributed by atoms with E-state index in [1.807, 2.05) is 26.0 Å². The number of nitrogens with zero attached hydrogens (tertiary/aromatic N) is 2. The Balaban J connectivity index is 1.75. The molecule has 0 bridgehead atoms. The van der Waals surface area contributed by atoms with Crippen molar-refractivity contribution in [3.63, 3.8) is 0 Å². The Hall–Kier alpha value is -1.59. The molecule has 1 aromatic heterocycles. The Morgan fingerprint density at radius 3 is 2.77 bits per heavy atom. The van der Waals surface area contributed by atoms with Crippen LogP contribution in [0.1, 0.15) is 56.0 Å². The highest BCUT2D eigenvalue weighted by Crippen LogP contribution is 2.35. The molecule has 1 heterocycles. The van der Waals surface area contributed by atoms with Gasteiger partial charge in [0.2, 0.25) is 0 Å². The van der Waals surface area contributed by atoms with E-state index in [4.69, 9.17) is 26.6 Å². The summed E-state index contributed by atoms with van der Waals surface area (Å²) in [5.74, 6) is 1.78. The molecule has 1 unspecified atom stereocenters. The third kappa shape index (κ3) is 2.96. The van der Waals surface area contributed by atoms with Crippen molar-refractivity contribution in [3.05, 3.63) is 40.5 Å². The van der Waals surface area contributed by atoms with Gasteiger partial charge in [-0.1, -0.05) is 29.6 Å². The van der Waals surface area contributed by atoms with Gasteiger partial charge in [0.1, 0.15) is 5.75 Å². The third-order valence-electron chi connectivity index (χ3n) is 4.17. The molecule has 0 amide bonds. The van der Waals surface area contributed by atoms with Crippen molar-refractivity contribution in [2.75, 3.05) is 0 Å². The van der Waals surface area contributed by atoms with Gasteiger partial charge < -0.3 is 15.0 Å². The fourth-order valence-electron chi connectivity index (χ4n) is 2.82. The van der Waals surface area contributed by atoms with Gasteiger partial charge in [-0.05, 0) is 50.5 Å². The fraction of sp³-hybridized carbons (Fsp3) is 0.500. The van der Waals surface area contributed by atoms with Gasteiger partial charge in [-0.3, -0.25) is 0 Å². The van der Waals surface area contributed by atoms with Gasteiger partial charge in [0.05, 0.1) is 5.54 Å². The van der Waals surface area contributed by atoms with E-state index in [0.717, 1.165) is 37.0 Å². The first-order valence-electron chi connectivity index (χ1n) is 7.54. The Morgan fingerprint density at radius 2 is 2.09 bits per heavy atom. The monoisotopic (exact) mass is 321 g/mol. The molecule has 5 nitrogen and oxygen atoms in total. The molecule has 2 aromatic rings. The number of benzene rings is 1. The minimum atomic E-state index is -0.447. The van der Waals surface area contributed by atoms with Crippen molar-refractivity contribution >= 4 is 11.6 Å². The fourth-order valence-corrected chi connectivity index (χ4v) is 3.04. The molecular weight excluding hydrogens is 302 g/mol. The van der Waals surface area contributed by atoms with Crippen LogP contribution >= 0.6 is 11.6 Å². The van der Waals surface area contributed by atoms with Crippen molar-refractivity contribution in [1.29, 1.82) is 0 Å². The Bertz CT molecular complexity index is 665. The first kappa shape index (κ1) is 15.3. The van der Waals surface area contributed by atoms with Crippen molar-refractivity contribution < 1.29 is 9.26 Å². The lowest BCUT2D eigenvalue weighted by molar-refractivity contribution is 0.174. The normalized spacial score (nSPS) is 18.4. The van der Waals surface area contributed by atoms with E-state index in [-0.39, 0.29) is 6.10 Å². The van der Waals surface area contributed by atoms with Crippen LogP contribution in [0.15, 0.2) is 22.7 Å². The largest absolute Gasteiger partial charge is 0.481 e. The first-order valence-corrected chi connectivity index (χ1v) is 7.91. The van der Waals surface area contributed by atoms with Gasteiger partial charge in [0.15, 0.2) is 11.9 Å². The number of aromatic nitrogens is 2. The van der Waals surface area contributed by atoms with Crippen molar-refractivity contribution in [1.82, 2.24) is 10.1 Å². The molecule has 3 rings (SSSR count). The van der Waals surface area contributed by atoms with Crippen molar-refractivity contribution in [2.45, 2.75) is 51.2 Å². The maximum absolute atomic E-state index is 6.35. The first-order chi connectivity index (χ1) is 10.5. The van der Waals surface area contributed by atoms with Crippen LogP contribution < -0.4 is 10.5 Å². The number of halogens is 1. The lowest BCUT2D eigenvalue weighted by Crippen LogP contribution is -2.34. The molecule has 1 aromatic carbocycles. The predicted molar refractivity (Wildman–Crippen MR) is 83.9 cm³/mol. The minimum Gasteiger partial charge on any atom is -0.481 e. The van der Waals surface area contributed by atoms with E-state index in [0.29, 0.717) is 16.7 Å². The molecule has 6 heteroatoms. The quantitative estimate of drug-likeness (QED) is 0.924. The Labute approximate surface area is 134 Å². The van der Waals surface area contributed by atoms with Crippen LogP contribution in [-0.4, -0.2) is 10.1 Å². The maximum Gasteiger partial charge on any atom is 0.267 e. The van der Waals surface area contributed by atoms with E-state index >= 15 is 0 Å². The summed E-state index contributed by atoms with van der Waals surface area (Å²) < 4.78 is 11.2. The van der Waals surface area contributed by atoms with Crippen LogP contribution in [0.3, 0.4) is 0 Å². The molecule has 1 aliphatic rings. The number of ether oxygens (including phenoxy) is 1. The second kappa shape index (κ2) is 5.89. The number of aryl methyl sites for hydroxylation is 1. The highest BCUT2D eigenvalue weighted by molar-refractivity contribution is 6.30. The summed E-state index contributed by atoms with van der Waals surface area (Å²) in [5.41, 5.74) is 6.86. The Kier molecular flexibility index (Phi) is 4.10. The molecule has 118 valence electrons. The second-order valence-electron chi connectivity index (χ2n) is 5.99. The van der Waals surface area contributed by atoms with E-state index in [9.17, 15) is 0 Å². The second-order valence-corrected chi connectivity index (χ2v) is 6.43.